The Bertz CT molecular complexity index is 990. The van der Waals surface area contributed by atoms with E-state index < -0.39 is 14.9 Å². The highest BCUT2D eigenvalue weighted by Crippen LogP contribution is 2.21. The lowest BCUT2D eigenvalue weighted by atomic mass is 10.1. The summed E-state index contributed by atoms with van der Waals surface area (Å²) in [6.45, 7) is 2.92. The van der Waals surface area contributed by atoms with Crippen molar-refractivity contribution in [3.8, 4) is 0 Å². The molecule has 0 atom stereocenters. The molecule has 2 aromatic rings. The van der Waals surface area contributed by atoms with Crippen molar-refractivity contribution in [1.82, 2.24) is 9.80 Å². The summed E-state index contributed by atoms with van der Waals surface area (Å²) >= 11 is 0. The van der Waals surface area contributed by atoms with Gasteiger partial charge in [-0.05, 0) is 37.4 Å². The van der Waals surface area contributed by atoms with Gasteiger partial charge in [-0.25, -0.2) is 8.42 Å². The molecule has 9 nitrogen and oxygen atoms in total. The van der Waals surface area contributed by atoms with E-state index in [1.165, 1.54) is 30.3 Å². The molecule has 0 aliphatic carbocycles. The third-order valence-corrected chi connectivity index (χ3v) is 5.89. The van der Waals surface area contributed by atoms with Gasteiger partial charge in [0.25, 0.3) is 21.6 Å². The molecule has 29 heavy (non-hydrogen) atoms. The number of non-ortho nitro benzene ring substituents is 1. The van der Waals surface area contributed by atoms with E-state index in [1.54, 1.807) is 17.0 Å². The van der Waals surface area contributed by atoms with Gasteiger partial charge in [0.05, 0.1) is 9.82 Å². The van der Waals surface area contributed by atoms with Gasteiger partial charge in [-0.1, -0.05) is 6.07 Å². The summed E-state index contributed by atoms with van der Waals surface area (Å²) in [6, 6.07) is 10.9. The maximum atomic E-state index is 12.5. The van der Waals surface area contributed by atoms with Gasteiger partial charge in [-0.15, -0.1) is 0 Å². The van der Waals surface area contributed by atoms with E-state index in [-0.39, 0.29) is 34.6 Å². The van der Waals surface area contributed by atoms with Gasteiger partial charge >= 0.3 is 0 Å². The molecule has 0 saturated carbocycles. The Labute approximate surface area is 174 Å². The van der Waals surface area contributed by atoms with Crippen molar-refractivity contribution < 1.29 is 30.5 Å². The predicted octanol–water partition coefficient (Wildman–Crippen LogP) is -1.21. The van der Waals surface area contributed by atoms with E-state index in [0.717, 1.165) is 19.2 Å². The Morgan fingerprint density at radius 2 is 1.69 bits per heavy atom. The minimum Gasteiger partial charge on any atom is -1.00 e. The Morgan fingerprint density at radius 1 is 1.07 bits per heavy atom. The molecular formula is C18H20ClN4O5S-. The summed E-state index contributed by atoms with van der Waals surface area (Å²) in [6.07, 6.45) is 0. The fourth-order valence-corrected chi connectivity index (χ4v) is 3.95. The Balaban J connectivity index is 0.00000300. The van der Waals surface area contributed by atoms with Crippen LogP contribution in [0.4, 0.5) is 11.4 Å². The van der Waals surface area contributed by atoms with Crippen LogP contribution in [-0.4, -0.2) is 62.3 Å². The zero-order chi connectivity index (χ0) is 20.3. The number of anilines is 1. The van der Waals surface area contributed by atoms with Crippen molar-refractivity contribution in [2.75, 3.05) is 37.9 Å². The van der Waals surface area contributed by atoms with Crippen LogP contribution < -0.4 is 17.1 Å². The molecule has 1 N–H and O–H groups in total. The lowest BCUT2D eigenvalue weighted by Gasteiger charge is -2.32. The number of carbonyl (C=O) groups excluding carboxylic acids is 1. The summed E-state index contributed by atoms with van der Waals surface area (Å²) in [5.41, 5.74) is 0.431. The monoisotopic (exact) mass is 439 g/mol. The maximum Gasteiger partial charge on any atom is 0.270 e. The normalized spacial score (nSPS) is 14.7. The van der Waals surface area contributed by atoms with E-state index in [1.807, 2.05) is 7.05 Å². The summed E-state index contributed by atoms with van der Waals surface area (Å²) in [7, 11) is -1.98. The molecule has 1 amide bonds. The topological polar surface area (TPSA) is 113 Å². The van der Waals surface area contributed by atoms with Crippen LogP contribution in [0.25, 0.3) is 0 Å². The van der Waals surface area contributed by atoms with E-state index in [0.29, 0.717) is 18.7 Å². The zero-order valence-corrected chi connectivity index (χ0v) is 17.2. The number of carbonyl (C=O) groups is 1. The molecule has 1 saturated heterocycles. The quantitative estimate of drug-likeness (QED) is 0.462. The first-order valence-corrected chi connectivity index (χ1v) is 10.1. The second-order valence-electron chi connectivity index (χ2n) is 6.53. The van der Waals surface area contributed by atoms with Gasteiger partial charge in [0.15, 0.2) is 0 Å². The number of rotatable bonds is 5. The van der Waals surface area contributed by atoms with Crippen LogP contribution in [0.3, 0.4) is 0 Å². The molecule has 0 bridgehead atoms. The van der Waals surface area contributed by atoms with Crippen LogP contribution in [0.1, 0.15) is 10.4 Å². The van der Waals surface area contributed by atoms with Gasteiger partial charge in [-0.3, -0.25) is 19.6 Å². The van der Waals surface area contributed by atoms with Crippen LogP contribution in [0.15, 0.2) is 53.4 Å². The first-order valence-electron chi connectivity index (χ1n) is 8.61. The molecular weight excluding hydrogens is 420 g/mol. The molecule has 0 spiro atoms. The van der Waals surface area contributed by atoms with Gasteiger partial charge in [-0.2, -0.15) is 0 Å². The average Bonchev–Trinajstić information content (AvgIpc) is 2.68. The van der Waals surface area contributed by atoms with Gasteiger partial charge in [0.2, 0.25) is 0 Å². The maximum absolute atomic E-state index is 12.5. The van der Waals surface area contributed by atoms with E-state index in [2.05, 4.69) is 9.62 Å². The highest BCUT2D eigenvalue weighted by Gasteiger charge is 2.21. The molecule has 0 unspecified atom stereocenters. The Hall–Kier alpha value is -2.69. The number of nitro benzene ring substituents is 1. The number of likely N-dealkylation sites (N-methyl/N-ethyl adjacent to an activating group) is 1. The van der Waals surface area contributed by atoms with Crippen LogP contribution in [0, 0.1) is 10.1 Å². The number of hydrogen-bond acceptors (Lipinski definition) is 6. The molecule has 1 aliphatic rings. The number of sulfonamides is 1. The minimum atomic E-state index is -3.98. The molecule has 1 aliphatic heterocycles. The lowest BCUT2D eigenvalue weighted by molar-refractivity contribution is -0.385. The Kier molecular flexibility index (Phi) is 7.17. The first kappa shape index (κ1) is 22.6. The standard InChI is InChI=1S/C18H20N4O5S.ClH/c1-20-9-11-21(12-10-20)18(23)14-5-7-15(8-6-14)19-28(26,27)17-4-2-3-16(13-17)22(24)25;/h2-8,13,19H,9-12H2,1H3;1H/p-1. The highest BCUT2D eigenvalue weighted by molar-refractivity contribution is 7.92. The van der Waals surface area contributed by atoms with Gasteiger partial charge < -0.3 is 22.2 Å². The van der Waals surface area contributed by atoms with Crippen LogP contribution in [-0.2, 0) is 10.0 Å². The zero-order valence-electron chi connectivity index (χ0n) is 15.6. The van der Waals surface area contributed by atoms with E-state index in [4.69, 9.17) is 0 Å². The van der Waals surface area contributed by atoms with Gasteiger partial charge in [0.1, 0.15) is 0 Å². The van der Waals surface area contributed by atoms with Crippen molar-refractivity contribution >= 4 is 27.3 Å². The summed E-state index contributed by atoms with van der Waals surface area (Å²) < 4.78 is 27.3. The third kappa shape index (κ3) is 5.43. The van der Waals surface area contributed by atoms with Crippen LogP contribution in [0.2, 0.25) is 0 Å². The first-order chi connectivity index (χ1) is 13.3. The molecule has 156 valence electrons. The molecule has 11 heteroatoms. The van der Waals surface area contributed by atoms with Crippen molar-refractivity contribution in [2.24, 2.45) is 0 Å². The molecule has 1 fully saturated rings. The van der Waals surface area contributed by atoms with Crippen LogP contribution >= 0.6 is 0 Å². The minimum absolute atomic E-state index is 0. The predicted molar refractivity (Wildman–Crippen MR) is 104 cm³/mol. The van der Waals surface area contributed by atoms with E-state index >= 15 is 0 Å². The van der Waals surface area contributed by atoms with Crippen molar-refractivity contribution in [1.29, 1.82) is 0 Å². The number of nitrogens with one attached hydrogen (secondary N) is 1. The smallest absolute Gasteiger partial charge is 0.270 e. The summed E-state index contributed by atoms with van der Waals surface area (Å²) in [5, 5.41) is 10.8. The summed E-state index contributed by atoms with van der Waals surface area (Å²) in [4.78, 5) is 26.4. The van der Waals surface area contributed by atoms with Gasteiger partial charge in [0, 0.05) is 49.6 Å². The molecule has 0 radical (unpaired) electrons. The SMILES string of the molecule is CN1CCN(C(=O)c2ccc(NS(=O)(=O)c3cccc([N+](=O)[O-])c3)cc2)CC1.[Cl-]. The Morgan fingerprint density at radius 3 is 2.28 bits per heavy atom. The number of benzene rings is 2. The van der Waals surface area contributed by atoms with Crippen molar-refractivity contribution in [3.05, 3.63) is 64.2 Å². The molecule has 3 rings (SSSR count). The second-order valence-corrected chi connectivity index (χ2v) is 8.22. The van der Waals surface area contributed by atoms with Crippen molar-refractivity contribution in [2.45, 2.75) is 4.90 Å². The summed E-state index contributed by atoms with van der Waals surface area (Å²) in [5.74, 6) is -0.0961. The fourth-order valence-electron chi connectivity index (χ4n) is 2.85. The molecule has 1 heterocycles. The molecule has 0 aromatic heterocycles. The number of amides is 1. The average molecular weight is 440 g/mol. The number of hydrogen-bond donors (Lipinski definition) is 1. The number of halogens is 1. The van der Waals surface area contributed by atoms with Crippen LogP contribution in [0.5, 0.6) is 0 Å². The van der Waals surface area contributed by atoms with Crippen molar-refractivity contribution in [3.63, 3.8) is 0 Å². The second kappa shape index (κ2) is 9.21. The third-order valence-electron chi connectivity index (χ3n) is 4.51. The number of piperazine rings is 1. The number of nitro groups is 1. The highest BCUT2D eigenvalue weighted by atomic mass is 35.5. The molecule has 2 aromatic carbocycles. The number of nitrogens with zero attached hydrogens (tertiary/aromatic N) is 3. The fraction of sp³-hybridized carbons (Fsp3) is 0.278. The van der Waals surface area contributed by atoms with E-state index in [9.17, 15) is 23.3 Å². The lowest BCUT2D eigenvalue weighted by Crippen LogP contribution is -3.00. The largest absolute Gasteiger partial charge is 1.00 e.